The number of aliphatic carboxylic acids is 1. The molecule has 0 bridgehead atoms. The third-order valence-corrected chi connectivity index (χ3v) is 4.01. The first-order chi connectivity index (χ1) is 13.0. The van der Waals surface area contributed by atoms with Crippen LogP contribution in [0, 0.1) is 0 Å². The zero-order valence-electron chi connectivity index (χ0n) is 15.5. The van der Waals surface area contributed by atoms with E-state index in [1.54, 1.807) is 36.4 Å². The number of ether oxygens (including phenoxy) is 3. The van der Waals surface area contributed by atoms with Crippen LogP contribution in [-0.2, 0) is 16.0 Å². The molecule has 2 N–H and O–H groups in total. The average Bonchev–Trinajstić information content (AvgIpc) is 2.66. The Labute approximate surface area is 157 Å². The van der Waals surface area contributed by atoms with Crippen molar-refractivity contribution in [3.63, 3.8) is 0 Å². The molecule has 2 rings (SSSR count). The molecule has 1 amide bonds. The summed E-state index contributed by atoms with van der Waals surface area (Å²) in [5.74, 6) is 0.0445. The van der Waals surface area contributed by atoms with E-state index in [0.717, 1.165) is 5.56 Å². The molecule has 27 heavy (non-hydrogen) atoms. The van der Waals surface area contributed by atoms with Crippen LogP contribution in [-0.4, -0.2) is 38.3 Å². The summed E-state index contributed by atoms with van der Waals surface area (Å²) >= 11 is 0. The Kier molecular flexibility index (Phi) is 7.05. The second-order valence-corrected chi connectivity index (χ2v) is 5.84. The summed E-state index contributed by atoms with van der Waals surface area (Å²) in [6.45, 7) is 0. The predicted octanol–water partition coefficient (Wildman–Crippen LogP) is 2.59. The number of carboxylic acid groups (broad SMARTS) is 1. The van der Waals surface area contributed by atoms with E-state index in [-0.39, 0.29) is 18.7 Å². The van der Waals surface area contributed by atoms with E-state index in [1.165, 1.54) is 21.3 Å². The van der Waals surface area contributed by atoms with Crippen LogP contribution in [0.5, 0.6) is 17.2 Å². The van der Waals surface area contributed by atoms with Crippen molar-refractivity contribution in [1.29, 1.82) is 0 Å². The number of rotatable bonds is 9. The number of hydrogen-bond donors (Lipinski definition) is 2. The van der Waals surface area contributed by atoms with E-state index in [0.29, 0.717) is 22.8 Å². The highest BCUT2D eigenvalue weighted by atomic mass is 16.5. The Bertz CT molecular complexity index is 765. The molecule has 144 valence electrons. The van der Waals surface area contributed by atoms with E-state index in [1.807, 2.05) is 6.07 Å². The molecule has 1 unspecified atom stereocenters. The van der Waals surface area contributed by atoms with E-state index in [2.05, 4.69) is 5.32 Å². The van der Waals surface area contributed by atoms with E-state index >= 15 is 0 Å². The van der Waals surface area contributed by atoms with Crippen molar-refractivity contribution in [2.24, 2.45) is 0 Å². The van der Waals surface area contributed by atoms with E-state index in [9.17, 15) is 9.59 Å². The van der Waals surface area contributed by atoms with Gasteiger partial charge >= 0.3 is 5.97 Å². The topological polar surface area (TPSA) is 94.1 Å². The van der Waals surface area contributed by atoms with Crippen LogP contribution >= 0.6 is 0 Å². The number of methoxy groups -OCH3 is 3. The summed E-state index contributed by atoms with van der Waals surface area (Å²) < 4.78 is 15.8. The smallest absolute Gasteiger partial charge is 0.305 e. The van der Waals surface area contributed by atoms with Crippen LogP contribution in [0.1, 0.15) is 23.6 Å². The number of carbonyl (C=O) groups excluding carboxylic acids is 1. The lowest BCUT2D eigenvalue weighted by Gasteiger charge is -2.18. The minimum Gasteiger partial charge on any atom is -0.493 e. The molecule has 0 saturated carbocycles. The summed E-state index contributed by atoms with van der Waals surface area (Å²) in [5.41, 5.74) is 1.39. The molecule has 0 saturated heterocycles. The van der Waals surface area contributed by atoms with Crippen molar-refractivity contribution in [2.75, 3.05) is 21.3 Å². The average molecular weight is 373 g/mol. The van der Waals surface area contributed by atoms with E-state index in [4.69, 9.17) is 19.3 Å². The highest BCUT2D eigenvalue weighted by molar-refractivity contribution is 5.80. The third kappa shape index (κ3) is 5.37. The summed E-state index contributed by atoms with van der Waals surface area (Å²) in [7, 11) is 4.50. The van der Waals surface area contributed by atoms with Gasteiger partial charge in [0, 0.05) is 0 Å². The van der Waals surface area contributed by atoms with Crippen LogP contribution in [0.3, 0.4) is 0 Å². The fourth-order valence-electron chi connectivity index (χ4n) is 2.78. The zero-order chi connectivity index (χ0) is 19.8. The van der Waals surface area contributed by atoms with Gasteiger partial charge < -0.3 is 24.6 Å². The normalized spacial score (nSPS) is 11.4. The van der Waals surface area contributed by atoms with Gasteiger partial charge in [0.05, 0.1) is 40.2 Å². The van der Waals surface area contributed by atoms with Crippen LogP contribution < -0.4 is 19.5 Å². The number of carbonyl (C=O) groups is 2. The van der Waals surface area contributed by atoms with Gasteiger partial charge in [-0.15, -0.1) is 0 Å². The Morgan fingerprint density at radius 2 is 1.59 bits per heavy atom. The molecule has 0 fully saturated rings. The molecule has 0 aliphatic carbocycles. The molecule has 0 aliphatic rings. The van der Waals surface area contributed by atoms with Crippen LogP contribution in [0.15, 0.2) is 42.5 Å². The van der Waals surface area contributed by atoms with Gasteiger partial charge in [0.2, 0.25) is 11.7 Å². The second-order valence-electron chi connectivity index (χ2n) is 5.84. The third-order valence-electron chi connectivity index (χ3n) is 4.01. The Balaban J connectivity index is 2.19. The minimum absolute atomic E-state index is 0.0413. The van der Waals surface area contributed by atoms with Crippen molar-refractivity contribution in [3.8, 4) is 17.2 Å². The van der Waals surface area contributed by atoms with Crippen molar-refractivity contribution in [3.05, 3.63) is 53.6 Å². The summed E-state index contributed by atoms with van der Waals surface area (Å²) in [5, 5.41) is 11.9. The first-order valence-electron chi connectivity index (χ1n) is 8.33. The lowest BCUT2D eigenvalue weighted by molar-refractivity contribution is -0.137. The lowest BCUT2D eigenvalue weighted by Crippen LogP contribution is -2.31. The number of amides is 1. The fraction of sp³-hybridized carbons (Fsp3) is 0.300. The van der Waals surface area contributed by atoms with E-state index < -0.39 is 12.0 Å². The molecule has 0 aromatic heterocycles. The van der Waals surface area contributed by atoms with Crippen LogP contribution in [0.25, 0.3) is 0 Å². The number of carboxylic acids is 1. The molecule has 7 nitrogen and oxygen atoms in total. The molecule has 7 heteroatoms. The highest BCUT2D eigenvalue weighted by Gasteiger charge is 2.19. The minimum atomic E-state index is -0.989. The van der Waals surface area contributed by atoms with Crippen molar-refractivity contribution in [2.45, 2.75) is 18.9 Å². The molecule has 1 atom stereocenters. The number of nitrogens with one attached hydrogen (secondary N) is 1. The first-order valence-corrected chi connectivity index (χ1v) is 8.33. The van der Waals surface area contributed by atoms with Gasteiger partial charge in [-0.05, 0) is 23.3 Å². The molecule has 2 aromatic rings. The largest absolute Gasteiger partial charge is 0.493 e. The van der Waals surface area contributed by atoms with Crippen molar-refractivity contribution < 1.29 is 28.9 Å². The molecular weight excluding hydrogens is 350 g/mol. The number of benzene rings is 2. The van der Waals surface area contributed by atoms with Gasteiger partial charge in [-0.2, -0.15) is 0 Å². The van der Waals surface area contributed by atoms with Gasteiger partial charge in [0.25, 0.3) is 0 Å². The summed E-state index contributed by atoms with van der Waals surface area (Å²) in [6, 6.07) is 11.8. The maximum atomic E-state index is 12.5. The summed E-state index contributed by atoms with van der Waals surface area (Å²) in [4.78, 5) is 23.7. The van der Waals surface area contributed by atoms with Gasteiger partial charge in [-0.25, -0.2) is 0 Å². The van der Waals surface area contributed by atoms with Crippen LogP contribution in [0.4, 0.5) is 0 Å². The number of hydrogen-bond acceptors (Lipinski definition) is 5. The van der Waals surface area contributed by atoms with Crippen molar-refractivity contribution >= 4 is 11.9 Å². The Morgan fingerprint density at radius 1 is 1.00 bits per heavy atom. The highest BCUT2D eigenvalue weighted by Crippen LogP contribution is 2.38. The van der Waals surface area contributed by atoms with Crippen LogP contribution in [0.2, 0.25) is 0 Å². The van der Waals surface area contributed by atoms with Gasteiger partial charge in [0.15, 0.2) is 11.5 Å². The predicted molar refractivity (Wildman–Crippen MR) is 99.4 cm³/mol. The maximum Gasteiger partial charge on any atom is 0.305 e. The monoisotopic (exact) mass is 373 g/mol. The molecule has 0 heterocycles. The fourth-order valence-corrected chi connectivity index (χ4v) is 2.78. The molecule has 0 aliphatic heterocycles. The Hall–Kier alpha value is -3.22. The van der Waals surface area contributed by atoms with Crippen molar-refractivity contribution in [1.82, 2.24) is 5.32 Å². The molecule has 0 spiro atoms. The lowest BCUT2D eigenvalue weighted by atomic mass is 10.0. The standard InChI is InChI=1S/C20H23NO6/c1-25-16-9-13(10-17(26-2)20(16)27-3)11-18(22)21-15(12-19(23)24)14-7-5-4-6-8-14/h4-10,15H,11-12H2,1-3H3,(H,21,22)(H,23,24). The Morgan fingerprint density at radius 3 is 2.07 bits per heavy atom. The van der Waals surface area contributed by atoms with Gasteiger partial charge in [0.1, 0.15) is 0 Å². The SMILES string of the molecule is COc1cc(CC(=O)NC(CC(=O)O)c2ccccc2)cc(OC)c1OC. The molecular formula is C20H23NO6. The summed E-state index contributed by atoms with van der Waals surface area (Å²) in [6.07, 6.45) is -0.162. The van der Waals surface area contributed by atoms with Gasteiger partial charge in [-0.1, -0.05) is 30.3 Å². The molecule has 0 radical (unpaired) electrons. The first kappa shape index (κ1) is 20.1. The van der Waals surface area contributed by atoms with Gasteiger partial charge in [-0.3, -0.25) is 9.59 Å². The molecule has 2 aromatic carbocycles. The zero-order valence-corrected chi connectivity index (χ0v) is 15.5. The quantitative estimate of drug-likeness (QED) is 0.702. The second kappa shape index (κ2) is 9.47. The maximum absolute atomic E-state index is 12.5.